The molecule has 5 nitrogen and oxygen atoms in total. The molecule has 0 atom stereocenters. The Morgan fingerprint density at radius 2 is 1.83 bits per heavy atom. The maximum Gasteiger partial charge on any atom is 0.272 e. The number of hydrogen-bond acceptors (Lipinski definition) is 4. The Morgan fingerprint density at radius 3 is 2.43 bits per heavy atom. The highest BCUT2D eigenvalue weighted by Crippen LogP contribution is 2.29. The van der Waals surface area contributed by atoms with Gasteiger partial charge in [0.05, 0.1) is 11.0 Å². The van der Waals surface area contributed by atoms with Crippen molar-refractivity contribution in [3.63, 3.8) is 0 Å². The Hall–Kier alpha value is -3.28. The lowest BCUT2D eigenvalue weighted by Gasteiger charge is -2.07. The van der Waals surface area contributed by atoms with Crippen molar-refractivity contribution in [2.45, 2.75) is 0 Å². The average Bonchev–Trinajstić information content (AvgIpc) is 2.58. The summed E-state index contributed by atoms with van der Waals surface area (Å²) in [7, 11) is 0. The molecule has 0 bridgehead atoms. The molecule has 3 aromatic rings. The van der Waals surface area contributed by atoms with E-state index in [1.807, 2.05) is 24.3 Å². The van der Waals surface area contributed by atoms with Crippen molar-refractivity contribution in [3.05, 3.63) is 82.9 Å². The van der Waals surface area contributed by atoms with Crippen LogP contribution in [0, 0.1) is 15.9 Å². The van der Waals surface area contributed by atoms with Crippen molar-refractivity contribution in [2.24, 2.45) is 0 Å². The van der Waals surface area contributed by atoms with Crippen LogP contribution in [0.4, 0.5) is 10.1 Å². The molecule has 0 amide bonds. The molecular formula is C17H11FN2O3. The minimum absolute atomic E-state index is 0.0651. The monoisotopic (exact) mass is 310 g/mol. The Kier molecular flexibility index (Phi) is 3.97. The summed E-state index contributed by atoms with van der Waals surface area (Å²) < 4.78 is 19.2. The van der Waals surface area contributed by atoms with E-state index >= 15 is 0 Å². The van der Waals surface area contributed by atoms with Gasteiger partial charge in [0.1, 0.15) is 5.75 Å². The molecule has 0 aliphatic rings. The molecule has 0 spiro atoms. The van der Waals surface area contributed by atoms with Gasteiger partial charge >= 0.3 is 0 Å². The van der Waals surface area contributed by atoms with Crippen molar-refractivity contribution in [1.29, 1.82) is 0 Å². The maximum absolute atomic E-state index is 13.8. The van der Waals surface area contributed by atoms with E-state index < -0.39 is 10.7 Å². The largest absolute Gasteiger partial charge is 0.454 e. The Balaban J connectivity index is 1.80. The molecule has 6 heteroatoms. The van der Waals surface area contributed by atoms with Gasteiger partial charge in [0.2, 0.25) is 0 Å². The second-order valence-corrected chi connectivity index (χ2v) is 4.74. The van der Waals surface area contributed by atoms with Crippen molar-refractivity contribution in [1.82, 2.24) is 4.98 Å². The summed E-state index contributed by atoms with van der Waals surface area (Å²) in [6.07, 6.45) is 3.43. The zero-order valence-corrected chi connectivity index (χ0v) is 11.8. The number of benzene rings is 2. The van der Waals surface area contributed by atoms with Gasteiger partial charge < -0.3 is 4.74 Å². The lowest BCUT2D eigenvalue weighted by Crippen LogP contribution is -1.92. The standard InChI is InChI=1S/C17H11FN2O3/c18-16-10-14(20(21)22)5-8-17(16)23-15-6-3-12(4-7-15)13-2-1-9-19-11-13/h1-11H. The summed E-state index contributed by atoms with van der Waals surface area (Å²) in [6.45, 7) is 0. The number of nitrogens with zero attached hydrogens (tertiary/aromatic N) is 2. The summed E-state index contributed by atoms with van der Waals surface area (Å²) in [5.74, 6) is -0.411. The van der Waals surface area contributed by atoms with E-state index in [9.17, 15) is 14.5 Å². The number of ether oxygens (including phenoxy) is 1. The number of halogens is 1. The molecule has 23 heavy (non-hydrogen) atoms. The van der Waals surface area contributed by atoms with Crippen LogP contribution < -0.4 is 4.74 Å². The molecule has 0 fully saturated rings. The molecule has 2 aromatic carbocycles. The molecule has 0 aliphatic carbocycles. The first kappa shape index (κ1) is 14.6. The molecule has 1 aromatic heterocycles. The minimum atomic E-state index is -0.782. The van der Waals surface area contributed by atoms with Crippen LogP contribution in [0.1, 0.15) is 0 Å². The number of nitro groups is 1. The minimum Gasteiger partial charge on any atom is -0.454 e. The average molecular weight is 310 g/mol. The van der Waals surface area contributed by atoms with Crippen LogP contribution in [0.5, 0.6) is 11.5 Å². The van der Waals surface area contributed by atoms with Crippen LogP contribution in [0.2, 0.25) is 0 Å². The predicted octanol–water partition coefficient (Wildman–Crippen LogP) is 4.59. The van der Waals surface area contributed by atoms with E-state index in [4.69, 9.17) is 4.74 Å². The normalized spacial score (nSPS) is 10.3. The molecule has 0 saturated heterocycles. The number of aromatic nitrogens is 1. The zero-order chi connectivity index (χ0) is 16.2. The number of pyridine rings is 1. The van der Waals surface area contributed by atoms with Gasteiger partial charge in [0.15, 0.2) is 11.6 Å². The molecule has 0 radical (unpaired) electrons. The second-order valence-electron chi connectivity index (χ2n) is 4.74. The van der Waals surface area contributed by atoms with Crippen molar-refractivity contribution in [3.8, 4) is 22.6 Å². The van der Waals surface area contributed by atoms with Gasteiger partial charge in [-0.25, -0.2) is 4.39 Å². The highest BCUT2D eigenvalue weighted by molar-refractivity contribution is 5.63. The van der Waals surface area contributed by atoms with Crippen molar-refractivity contribution >= 4 is 5.69 Å². The fourth-order valence-electron chi connectivity index (χ4n) is 2.06. The van der Waals surface area contributed by atoms with Crippen molar-refractivity contribution in [2.75, 3.05) is 0 Å². The maximum atomic E-state index is 13.8. The first-order valence-electron chi connectivity index (χ1n) is 6.76. The Labute approximate surface area is 131 Å². The summed E-state index contributed by atoms with van der Waals surface area (Å²) >= 11 is 0. The highest BCUT2D eigenvalue weighted by atomic mass is 19.1. The van der Waals surface area contributed by atoms with Crippen LogP contribution in [0.15, 0.2) is 67.0 Å². The van der Waals surface area contributed by atoms with Gasteiger partial charge in [0.25, 0.3) is 5.69 Å². The topological polar surface area (TPSA) is 65.3 Å². The van der Waals surface area contributed by atoms with Gasteiger partial charge in [-0.05, 0) is 35.4 Å². The molecule has 0 saturated carbocycles. The van der Waals surface area contributed by atoms with E-state index in [1.54, 1.807) is 24.5 Å². The third-order valence-corrected chi connectivity index (χ3v) is 3.20. The summed E-state index contributed by atoms with van der Waals surface area (Å²) in [6, 6.07) is 14.1. The first-order valence-corrected chi connectivity index (χ1v) is 6.76. The van der Waals surface area contributed by atoms with Crippen LogP contribution in [-0.2, 0) is 0 Å². The SMILES string of the molecule is O=[N+]([O-])c1ccc(Oc2ccc(-c3cccnc3)cc2)c(F)c1. The van der Waals surface area contributed by atoms with Crippen molar-refractivity contribution < 1.29 is 14.1 Å². The van der Waals surface area contributed by atoms with Gasteiger partial charge in [0, 0.05) is 18.5 Å². The van der Waals surface area contributed by atoms with Gasteiger partial charge in [-0.15, -0.1) is 0 Å². The van der Waals surface area contributed by atoms with Crippen LogP contribution in [0.25, 0.3) is 11.1 Å². The van der Waals surface area contributed by atoms with E-state index in [2.05, 4.69) is 4.98 Å². The Bertz CT molecular complexity index is 836. The highest BCUT2D eigenvalue weighted by Gasteiger charge is 2.12. The number of hydrogen-bond donors (Lipinski definition) is 0. The molecule has 1 heterocycles. The predicted molar refractivity (Wildman–Crippen MR) is 82.8 cm³/mol. The van der Waals surface area contributed by atoms with E-state index in [0.29, 0.717) is 5.75 Å². The first-order chi connectivity index (χ1) is 11.1. The molecule has 0 N–H and O–H groups in total. The fourth-order valence-corrected chi connectivity index (χ4v) is 2.06. The summed E-state index contributed by atoms with van der Waals surface area (Å²) in [5, 5.41) is 10.6. The van der Waals surface area contributed by atoms with Gasteiger partial charge in [-0.1, -0.05) is 18.2 Å². The fraction of sp³-hybridized carbons (Fsp3) is 0. The Morgan fingerprint density at radius 1 is 1.04 bits per heavy atom. The quantitative estimate of drug-likeness (QED) is 0.522. The van der Waals surface area contributed by atoms with Crippen LogP contribution in [-0.4, -0.2) is 9.91 Å². The van der Waals surface area contributed by atoms with Crippen LogP contribution >= 0.6 is 0 Å². The third kappa shape index (κ3) is 3.32. The number of non-ortho nitro benzene ring substituents is 1. The smallest absolute Gasteiger partial charge is 0.272 e. The van der Waals surface area contributed by atoms with Gasteiger partial charge in [-0.2, -0.15) is 0 Å². The lowest BCUT2D eigenvalue weighted by atomic mass is 10.1. The molecule has 114 valence electrons. The van der Waals surface area contributed by atoms with Crippen LogP contribution in [0.3, 0.4) is 0 Å². The number of nitro benzene ring substituents is 1. The van der Waals surface area contributed by atoms with E-state index in [0.717, 1.165) is 17.2 Å². The van der Waals surface area contributed by atoms with E-state index in [1.165, 1.54) is 12.1 Å². The summed E-state index contributed by atoms with van der Waals surface area (Å²) in [5.41, 5.74) is 1.59. The number of rotatable bonds is 4. The summed E-state index contributed by atoms with van der Waals surface area (Å²) in [4.78, 5) is 14.0. The molecule has 0 unspecified atom stereocenters. The molecule has 3 rings (SSSR count). The third-order valence-electron chi connectivity index (χ3n) is 3.20. The second kappa shape index (κ2) is 6.23. The lowest BCUT2D eigenvalue weighted by molar-refractivity contribution is -0.385. The van der Waals surface area contributed by atoms with Gasteiger partial charge in [-0.3, -0.25) is 15.1 Å². The van der Waals surface area contributed by atoms with E-state index in [-0.39, 0.29) is 11.4 Å². The molecular weight excluding hydrogens is 299 g/mol. The zero-order valence-electron chi connectivity index (χ0n) is 11.8. The molecule has 0 aliphatic heterocycles.